The Kier molecular flexibility index (Phi) is 7.31. The van der Waals surface area contributed by atoms with E-state index in [-0.39, 0.29) is 30.6 Å². The lowest BCUT2D eigenvalue weighted by atomic mass is 10.0. The van der Waals surface area contributed by atoms with Gasteiger partial charge in [0.25, 0.3) is 11.5 Å². The number of ether oxygens (including phenoxy) is 1. The summed E-state index contributed by atoms with van der Waals surface area (Å²) in [5, 5.41) is 19.7. The highest BCUT2D eigenvalue weighted by molar-refractivity contribution is 5.92. The Bertz CT molecular complexity index is 1120. The van der Waals surface area contributed by atoms with Gasteiger partial charge in [-0.05, 0) is 24.5 Å². The van der Waals surface area contributed by atoms with Gasteiger partial charge in [0.15, 0.2) is 29.0 Å². The monoisotopic (exact) mass is 447 g/mol. The number of hydrogen-bond donors (Lipinski definition) is 2. The third kappa shape index (κ3) is 5.55. The Balaban J connectivity index is 1.83. The van der Waals surface area contributed by atoms with E-state index in [1.165, 1.54) is 10.7 Å². The first-order valence-corrected chi connectivity index (χ1v) is 9.94. The minimum Gasteiger partial charge on any atom is -0.449 e. The molecule has 3 rings (SSSR count). The average molecular weight is 447 g/mol. The summed E-state index contributed by atoms with van der Waals surface area (Å²) in [4.78, 5) is 25.6. The van der Waals surface area contributed by atoms with Gasteiger partial charge in [-0.3, -0.25) is 14.3 Å². The lowest BCUT2D eigenvalue weighted by Gasteiger charge is -2.19. The molecule has 0 radical (unpaired) electrons. The van der Waals surface area contributed by atoms with Gasteiger partial charge < -0.3 is 15.2 Å². The molecule has 0 aliphatic heterocycles. The van der Waals surface area contributed by atoms with Crippen molar-refractivity contribution in [3.63, 3.8) is 0 Å². The predicted molar refractivity (Wildman–Crippen MR) is 111 cm³/mol. The molecule has 2 aromatic heterocycles. The number of halogens is 2. The van der Waals surface area contributed by atoms with Crippen molar-refractivity contribution >= 4 is 11.7 Å². The number of para-hydroxylation sites is 1. The second-order valence-corrected chi connectivity index (χ2v) is 7.45. The molecule has 0 fully saturated rings. The third-order valence-corrected chi connectivity index (χ3v) is 4.45. The van der Waals surface area contributed by atoms with Gasteiger partial charge in [0, 0.05) is 18.3 Å². The smallest absolute Gasteiger partial charge is 0.271 e. The van der Waals surface area contributed by atoms with Crippen LogP contribution in [0.15, 0.2) is 47.5 Å². The van der Waals surface area contributed by atoms with Crippen molar-refractivity contribution in [2.24, 2.45) is 5.92 Å². The van der Waals surface area contributed by atoms with Gasteiger partial charge in [-0.1, -0.05) is 19.9 Å². The molecule has 32 heavy (non-hydrogen) atoms. The number of nitrogens with one attached hydrogen (secondary N) is 1. The van der Waals surface area contributed by atoms with Crippen molar-refractivity contribution in [2.75, 3.05) is 11.9 Å². The molecule has 0 aliphatic carbocycles. The van der Waals surface area contributed by atoms with Gasteiger partial charge in [-0.25, -0.2) is 13.5 Å². The van der Waals surface area contributed by atoms with E-state index < -0.39 is 34.9 Å². The maximum Gasteiger partial charge on any atom is 0.271 e. The van der Waals surface area contributed by atoms with Gasteiger partial charge >= 0.3 is 0 Å². The molecule has 1 atom stereocenters. The third-order valence-electron chi connectivity index (χ3n) is 4.45. The number of aliphatic hydroxyl groups is 1. The Morgan fingerprint density at radius 1 is 1.25 bits per heavy atom. The molecule has 3 aromatic rings. The molecule has 0 bridgehead atoms. The Hall–Kier alpha value is -3.60. The number of benzene rings is 1. The average Bonchev–Trinajstić information content (AvgIpc) is 3.16. The van der Waals surface area contributed by atoms with Crippen LogP contribution in [0.3, 0.4) is 0 Å². The number of amides is 1. The summed E-state index contributed by atoms with van der Waals surface area (Å²) in [7, 11) is 0. The van der Waals surface area contributed by atoms with E-state index in [2.05, 4.69) is 15.5 Å². The molecular formula is C21H23F2N5O4. The summed E-state index contributed by atoms with van der Waals surface area (Å²) >= 11 is 0. The van der Waals surface area contributed by atoms with E-state index >= 15 is 0 Å². The Morgan fingerprint density at radius 2 is 1.97 bits per heavy atom. The van der Waals surface area contributed by atoms with E-state index in [1.807, 2.05) is 13.8 Å². The molecule has 11 heteroatoms. The van der Waals surface area contributed by atoms with Crippen LogP contribution in [-0.2, 0) is 11.3 Å². The zero-order chi connectivity index (χ0) is 23.3. The maximum atomic E-state index is 13.8. The zero-order valence-corrected chi connectivity index (χ0v) is 17.5. The number of anilines is 1. The predicted octanol–water partition coefficient (Wildman–Crippen LogP) is 2.73. The Morgan fingerprint density at radius 3 is 2.59 bits per heavy atom. The Labute approximate surface area is 182 Å². The fourth-order valence-corrected chi connectivity index (χ4v) is 3.02. The van der Waals surface area contributed by atoms with Gasteiger partial charge in [-0.2, -0.15) is 10.2 Å². The first-order valence-electron chi connectivity index (χ1n) is 9.94. The summed E-state index contributed by atoms with van der Waals surface area (Å²) in [6.07, 6.45) is 3.02. The summed E-state index contributed by atoms with van der Waals surface area (Å²) in [5.41, 5.74) is -0.675. The van der Waals surface area contributed by atoms with Crippen molar-refractivity contribution in [1.29, 1.82) is 0 Å². The quantitative estimate of drug-likeness (QED) is 0.522. The van der Waals surface area contributed by atoms with Crippen LogP contribution < -0.4 is 15.6 Å². The number of rotatable bonds is 9. The molecule has 1 unspecified atom stereocenters. The molecule has 2 heterocycles. The fourth-order valence-electron chi connectivity index (χ4n) is 3.02. The van der Waals surface area contributed by atoms with Gasteiger partial charge in [0.1, 0.15) is 6.04 Å². The SMILES string of the molecule is CC(C)CC(C(=O)Nc1ccn(CCO)n1)n1ncc(Oc2c(F)cccc2F)cc1=O. The van der Waals surface area contributed by atoms with E-state index in [9.17, 15) is 18.4 Å². The summed E-state index contributed by atoms with van der Waals surface area (Å²) in [6, 6.07) is 4.86. The van der Waals surface area contributed by atoms with Crippen LogP contribution in [0.2, 0.25) is 0 Å². The molecule has 0 saturated carbocycles. The highest BCUT2D eigenvalue weighted by Gasteiger charge is 2.25. The fraction of sp³-hybridized carbons (Fsp3) is 0.333. The van der Waals surface area contributed by atoms with E-state index in [4.69, 9.17) is 9.84 Å². The molecule has 170 valence electrons. The number of aliphatic hydroxyl groups excluding tert-OH is 1. The van der Waals surface area contributed by atoms with Crippen LogP contribution in [0, 0.1) is 17.6 Å². The second-order valence-electron chi connectivity index (χ2n) is 7.45. The van der Waals surface area contributed by atoms with Crippen LogP contribution in [0.1, 0.15) is 26.3 Å². The topological polar surface area (TPSA) is 111 Å². The van der Waals surface area contributed by atoms with E-state index in [0.717, 1.165) is 29.1 Å². The molecule has 2 N–H and O–H groups in total. The number of nitrogens with zero attached hydrogens (tertiary/aromatic N) is 4. The minimum absolute atomic E-state index is 0.0508. The number of carbonyl (C=O) groups excluding carboxylic acids is 1. The lowest BCUT2D eigenvalue weighted by Crippen LogP contribution is -2.35. The molecular weight excluding hydrogens is 424 g/mol. The van der Waals surface area contributed by atoms with Crippen molar-refractivity contribution in [1.82, 2.24) is 19.6 Å². The maximum absolute atomic E-state index is 13.8. The normalized spacial score (nSPS) is 12.1. The lowest BCUT2D eigenvalue weighted by molar-refractivity contribution is -0.120. The summed E-state index contributed by atoms with van der Waals surface area (Å²) in [6.45, 7) is 3.95. The second kappa shape index (κ2) is 10.1. The van der Waals surface area contributed by atoms with Crippen LogP contribution >= 0.6 is 0 Å². The molecule has 9 nitrogen and oxygen atoms in total. The molecule has 0 spiro atoms. The van der Waals surface area contributed by atoms with Gasteiger partial charge in [-0.15, -0.1) is 0 Å². The number of carbonyl (C=O) groups is 1. The van der Waals surface area contributed by atoms with Crippen LogP contribution in [0.5, 0.6) is 11.5 Å². The van der Waals surface area contributed by atoms with Crippen molar-refractivity contribution in [3.8, 4) is 11.5 Å². The largest absolute Gasteiger partial charge is 0.449 e. The van der Waals surface area contributed by atoms with Gasteiger partial charge in [0.05, 0.1) is 19.3 Å². The standard InChI is InChI=1S/C21H23F2N5O4/c1-13(2)10-17(21(31)25-18-6-7-27(26-18)8-9-29)28-19(30)11-14(12-24-28)32-20-15(22)4-3-5-16(20)23/h3-7,11-13,17,29H,8-10H2,1-2H3,(H,25,26,31). The van der Waals surface area contributed by atoms with Crippen molar-refractivity contribution in [2.45, 2.75) is 32.9 Å². The number of aromatic nitrogens is 4. The van der Waals surface area contributed by atoms with Gasteiger partial charge in [0.2, 0.25) is 0 Å². The first kappa shape index (κ1) is 23.1. The first-order chi connectivity index (χ1) is 15.3. The number of hydrogen-bond acceptors (Lipinski definition) is 6. The van der Waals surface area contributed by atoms with Crippen LogP contribution in [0.4, 0.5) is 14.6 Å². The summed E-state index contributed by atoms with van der Waals surface area (Å²) in [5.74, 6) is -2.85. The molecule has 1 amide bonds. The van der Waals surface area contributed by atoms with E-state index in [1.54, 1.807) is 12.3 Å². The van der Waals surface area contributed by atoms with E-state index in [0.29, 0.717) is 6.42 Å². The minimum atomic E-state index is -0.954. The summed E-state index contributed by atoms with van der Waals surface area (Å²) < 4.78 is 35.2. The highest BCUT2D eigenvalue weighted by Crippen LogP contribution is 2.26. The zero-order valence-electron chi connectivity index (χ0n) is 17.5. The molecule has 1 aromatic carbocycles. The molecule has 0 aliphatic rings. The van der Waals surface area contributed by atoms with Crippen LogP contribution in [0.25, 0.3) is 0 Å². The van der Waals surface area contributed by atoms with Crippen molar-refractivity contribution < 1.29 is 23.4 Å². The highest BCUT2D eigenvalue weighted by atomic mass is 19.1. The van der Waals surface area contributed by atoms with Crippen LogP contribution in [-0.4, -0.2) is 37.2 Å². The molecule has 0 saturated heterocycles. The van der Waals surface area contributed by atoms with Crippen molar-refractivity contribution in [3.05, 3.63) is 64.7 Å².